The van der Waals surface area contributed by atoms with Crippen LogP contribution in [0.2, 0.25) is 0 Å². The van der Waals surface area contributed by atoms with Gasteiger partial charge in [0.25, 0.3) is 5.91 Å². The number of amides is 2. The molecule has 3 aromatic carbocycles. The van der Waals surface area contributed by atoms with Crippen molar-refractivity contribution in [2.45, 2.75) is 25.9 Å². The SMILES string of the molecule is C[C@H](N)C(=O)Nc1cc(C(=O)N[C@H](C)c2ccc(F)cc2)cc(-c2cnc(-c3cc4ccccc4cn3)[nH]2)c1.Cl.Cl. The summed E-state index contributed by atoms with van der Waals surface area (Å²) in [6, 6.07) is 19.7. The van der Waals surface area contributed by atoms with Crippen LogP contribution in [-0.4, -0.2) is 32.8 Å². The van der Waals surface area contributed by atoms with Gasteiger partial charge in [-0.1, -0.05) is 36.4 Å². The van der Waals surface area contributed by atoms with E-state index >= 15 is 0 Å². The third kappa shape index (κ3) is 7.26. The predicted octanol–water partition coefficient (Wildman–Crippen LogP) is 6.05. The fraction of sp³-hybridized carbons (Fsp3) is 0.133. The van der Waals surface area contributed by atoms with E-state index in [1.54, 1.807) is 49.6 Å². The molecule has 0 aliphatic rings. The molecule has 2 aromatic heterocycles. The Kier molecular flexibility index (Phi) is 10.2. The summed E-state index contributed by atoms with van der Waals surface area (Å²) in [5, 5.41) is 7.75. The first-order valence-electron chi connectivity index (χ1n) is 12.5. The van der Waals surface area contributed by atoms with Crippen LogP contribution < -0.4 is 16.4 Å². The highest BCUT2D eigenvalue weighted by molar-refractivity contribution is 6.00. The Morgan fingerprint density at radius 3 is 2.32 bits per heavy atom. The van der Waals surface area contributed by atoms with E-state index in [0.29, 0.717) is 34.0 Å². The number of aromatic nitrogens is 3. The van der Waals surface area contributed by atoms with E-state index in [9.17, 15) is 14.0 Å². The molecule has 0 bridgehead atoms. The van der Waals surface area contributed by atoms with Gasteiger partial charge < -0.3 is 21.4 Å². The number of hydrogen-bond donors (Lipinski definition) is 4. The zero-order chi connectivity index (χ0) is 27.5. The van der Waals surface area contributed by atoms with Crippen LogP contribution in [-0.2, 0) is 4.79 Å². The molecule has 0 aliphatic carbocycles. The van der Waals surface area contributed by atoms with Crippen molar-refractivity contribution in [3.8, 4) is 22.8 Å². The van der Waals surface area contributed by atoms with E-state index < -0.39 is 6.04 Å². The molecule has 5 rings (SSSR count). The first kappa shape index (κ1) is 31.2. The summed E-state index contributed by atoms with van der Waals surface area (Å²) < 4.78 is 13.3. The third-order valence-corrected chi connectivity index (χ3v) is 6.35. The number of imidazole rings is 1. The molecular formula is C30H29Cl2FN6O2. The Hall–Kier alpha value is -4.31. The molecule has 0 fully saturated rings. The Bertz CT molecular complexity index is 1670. The van der Waals surface area contributed by atoms with Gasteiger partial charge in [-0.25, -0.2) is 9.37 Å². The second-order valence-corrected chi connectivity index (χ2v) is 9.39. The summed E-state index contributed by atoms with van der Waals surface area (Å²) in [4.78, 5) is 37.9. The highest BCUT2D eigenvalue weighted by Crippen LogP contribution is 2.27. The van der Waals surface area contributed by atoms with Crippen LogP contribution in [0.4, 0.5) is 10.1 Å². The van der Waals surface area contributed by atoms with E-state index in [2.05, 4.69) is 25.6 Å². The number of anilines is 1. The Labute approximate surface area is 248 Å². The maximum absolute atomic E-state index is 13.3. The lowest BCUT2D eigenvalue weighted by Gasteiger charge is -2.16. The first-order valence-corrected chi connectivity index (χ1v) is 12.5. The minimum absolute atomic E-state index is 0. The number of fused-ring (bicyclic) bond motifs is 1. The molecule has 0 unspecified atom stereocenters. The van der Waals surface area contributed by atoms with Gasteiger partial charge in [-0.3, -0.25) is 14.6 Å². The van der Waals surface area contributed by atoms with E-state index in [4.69, 9.17) is 5.73 Å². The van der Waals surface area contributed by atoms with Crippen LogP contribution in [0.5, 0.6) is 0 Å². The van der Waals surface area contributed by atoms with Crippen molar-refractivity contribution in [3.63, 3.8) is 0 Å². The minimum Gasteiger partial charge on any atom is -0.346 e. The highest BCUT2D eigenvalue weighted by atomic mass is 35.5. The Morgan fingerprint density at radius 2 is 1.61 bits per heavy atom. The number of nitrogens with two attached hydrogens (primary N) is 1. The molecule has 0 aliphatic heterocycles. The second-order valence-electron chi connectivity index (χ2n) is 9.39. The monoisotopic (exact) mass is 594 g/mol. The fourth-order valence-corrected chi connectivity index (χ4v) is 4.17. The minimum atomic E-state index is -0.734. The van der Waals surface area contributed by atoms with Crippen LogP contribution in [0.25, 0.3) is 33.5 Å². The van der Waals surface area contributed by atoms with Crippen LogP contribution in [0, 0.1) is 5.82 Å². The molecule has 5 aromatic rings. The standard InChI is InChI=1S/C30H27FN6O2.2ClH/c1-17(32)29(38)36-25-12-22(11-23(13-25)30(39)35-18(2)19-7-9-24(31)10-8-19)27-16-34-28(37-27)26-14-20-5-3-4-6-21(20)15-33-26;;/h3-18H,32H2,1-2H3,(H,34,37)(H,35,39)(H,36,38);2*1H/t17-,18+;;/m0../s1. The van der Waals surface area contributed by atoms with Gasteiger partial charge >= 0.3 is 0 Å². The molecule has 0 saturated carbocycles. The van der Waals surface area contributed by atoms with Gasteiger partial charge in [0.15, 0.2) is 5.82 Å². The predicted molar refractivity (Wildman–Crippen MR) is 164 cm³/mol. The van der Waals surface area contributed by atoms with Gasteiger partial charge in [-0.05, 0) is 61.2 Å². The molecule has 2 amide bonds. The summed E-state index contributed by atoms with van der Waals surface area (Å²) in [5.74, 6) is -0.529. The first-order chi connectivity index (χ1) is 18.8. The number of benzene rings is 3. The van der Waals surface area contributed by atoms with Crippen LogP contribution in [0.1, 0.15) is 35.8 Å². The average Bonchev–Trinajstić information content (AvgIpc) is 3.43. The number of aromatic amines is 1. The van der Waals surface area contributed by atoms with Crippen molar-refractivity contribution in [1.82, 2.24) is 20.3 Å². The summed E-state index contributed by atoms with van der Waals surface area (Å²) in [5.41, 5.74) is 9.17. The average molecular weight is 596 g/mol. The molecular weight excluding hydrogens is 566 g/mol. The molecule has 0 radical (unpaired) electrons. The summed E-state index contributed by atoms with van der Waals surface area (Å²) in [7, 11) is 0. The van der Waals surface area contributed by atoms with E-state index in [-0.39, 0.29) is 48.5 Å². The molecule has 11 heteroatoms. The number of carbonyl (C=O) groups excluding carboxylic acids is 2. The van der Waals surface area contributed by atoms with E-state index in [1.165, 1.54) is 12.1 Å². The van der Waals surface area contributed by atoms with Crippen molar-refractivity contribution < 1.29 is 14.0 Å². The number of hydrogen-bond acceptors (Lipinski definition) is 5. The van der Waals surface area contributed by atoms with Crippen LogP contribution >= 0.6 is 24.8 Å². The lowest BCUT2D eigenvalue weighted by Crippen LogP contribution is -2.32. The van der Waals surface area contributed by atoms with Crippen molar-refractivity contribution in [3.05, 3.63) is 102 Å². The lowest BCUT2D eigenvalue weighted by molar-refractivity contribution is -0.117. The molecule has 0 spiro atoms. The summed E-state index contributed by atoms with van der Waals surface area (Å²) >= 11 is 0. The van der Waals surface area contributed by atoms with Gasteiger partial charge in [0.05, 0.1) is 24.0 Å². The number of carbonyl (C=O) groups is 2. The second kappa shape index (κ2) is 13.4. The quantitative estimate of drug-likeness (QED) is 0.182. The van der Waals surface area contributed by atoms with Crippen LogP contribution in [0.3, 0.4) is 0 Å². The molecule has 8 nitrogen and oxygen atoms in total. The topological polar surface area (TPSA) is 126 Å². The van der Waals surface area contributed by atoms with Crippen molar-refractivity contribution in [2.24, 2.45) is 5.73 Å². The Balaban J connectivity index is 0.00000231. The van der Waals surface area contributed by atoms with Gasteiger partial charge in [-0.15, -0.1) is 24.8 Å². The van der Waals surface area contributed by atoms with E-state index in [0.717, 1.165) is 16.3 Å². The molecule has 5 N–H and O–H groups in total. The van der Waals surface area contributed by atoms with Gasteiger partial charge in [0, 0.05) is 28.4 Å². The van der Waals surface area contributed by atoms with Crippen molar-refractivity contribution >= 4 is 53.1 Å². The van der Waals surface area contributed by atoms with Crippen molar-refractivity contribution in [1.29, 1.82) is 0 Å². The zero-order valence-electron chi connectivity index (χ0n) is 22.2. The maximum atomic E-state index is 13.3. The number of H-pyrrole nitrogens is 1. The number of nitrogens with zero attached hydrogens (tertiary/aromatic N) is 2. The smallest absolute Gasteiger partial charge is 0.251 e. The Morgan fingerprint density at radius 1 is 0.902 bits per heavy atom. The summed E-state index contributed by atoms with van der Waals surface area (Å²) in [6.07, 6.45) is 3.45. The number of nitrogens with one attached hydrogen (secondary N) is 3. The number of pyridine rings is 1. The van der Waals surface area contributed by atoms with Gasteiger partial charge in [0.2, 0.25) is 5.91 Å². The molecule has 2 heterocycles. The van der Waals surface area contributed by atoms with Gasteiger partial charge in [0.1, 0.15) is 11.5 Å². The fourth-order valence-electron chi connectivity index (χ4n) is 4.17. The normalized spacial score (nSPS) is 12.0. The van der Waals surface area contributed by atoms with Crippen LogP contribution in [0.15, 0.2) is 85.2 Å². The largest absolute Gasteiger partial charge is 0.346 e. The number of rotatable bonds is 7. The highest BCUT2D eigenvalue weighted by Gasteiger charge is 2.17. The maximum Gasteiger partial charge on any atom is 0.251 e. The molecule has 2 atom stereocenters. The van der Waals surface area contributed by atoms with Gasteiger partial charge in [-0.2, -0.15) is 0 Å². The third-order valence-electron chi connectivity index (χ3n) is 6.35. The zero-order valence-corrected chi connectivity index (χ0v) is 23.9. The van der Waals surface area contributed by atoms with E-state index in [1.807, 2.05) is 37.3 Å². The number of halogens is 3. The summed E-state index contributed by atoms with van der Waals surface area (Å²) in [6.45, 7) is 3.39. The molecule has 41 heavy (non-hydrogen) atoms. The van der Waals surface area contributed by atoms with Crippen molar-refractivity contribution in [2.75, 3.05) is 5.32 Å². The lowest BCUT2D eigenvalue weighted by atomic mass is 10.0. The molecule has 212 valence electrons. The molecule has 0 saturated heterocycles.